The zero-order valence-corrected chi connectivity index (χ0v) is 12.0. The van der Waals surface area contributed by atoms with Gasteiger partial charge in [0, 0.05) is 15.6 Å². The van der Waals surface area contributed by atoms with Crippen molar-refractivity contribution in [1.82, 2.24) is 0 Å². The number of hydrogen-bond acceptors (Lipinski definition) is 1. The number of aryl methyl sites for hydroxylation is 2. The van der Waals surface area contributed by atoms with Crippen molar-refractivity contribution in [2.75, 3.05) is 5.32 Å². The summed E-state index contributed by atoms with van der Waals surface area (Å²) in [5.74, 6) is 0.0392. The summed E-state index contributed by atoms with van der Waals surface area (Å²) in [6.45, 7) is 9.72. The predicted octanol–water partition coefficient (Wildman–Crippen LogP) is 4.05. The second-order valence-electron chi connectivity index (χ2n) is 5.12. The Labute approximate surface area is 106 Å². The largest absolute Gasteiger partial charge is 0.325 e. The molecule has 0 saturated carbocycles. The molecule has 1 rings (SSSR count). The van der Waals surface area contributed by atoms with Gasteiger partial charge in [-0.25, -0.2) is 0 Å². The second kappa shape index (κ2) is 4.58. The fourth-order valence-electron chi connectivity index (χ4n) is 1.23. The van der Waals surface area contributed by atoms with Crippen molar-refractivity contribution >= 4 is 27.5 Å². The molecule has 3 heteroatoms. The Kier molecular flexibility index (Phi) is 3.79. The molecule has 0 unspecified atom stereocenters. The van der Waals surface area contributed by atoms with Crippen LogP contribution >= 0.6 is 15.9 Å². The number of carbonyl (C=O) groups is 1. The number of anilines is 1. The van der Waals surface area contributed by atoms with Crippen LogP contribution in [0.25, 0.3) is 0 Å². The van der Waals surface area contributed by atoms with E-state index in [0.29, 0.717) is 0 Å². The highest BCUT2D eigenvalue weighted by atomic mass is 79.9. The van der Waals surface area contributed by atoms with Gasteiger partial charge in [0.25, 0.3) is 0 Å². The van der Waals surface area contributed by atoms with Gasteiger partial charge in [0.05, 0.1) is 0 Å². The normalized spacial score (nSPS) is 11.4. The SMILES string of the molecule is Cc1cc(NC(=O)C(C)(C)C)c(C)cc1Br. The lowest BCUT2D eigenvalue weighted by Gasteiger charge is -2.19. The second-order valence-corrected chi connectivity index (χ2v) is 5.97. The Balaban J connectivity index is 2.99. The summed E-state index contributed by atoms with van der Waals surface area (Å²) in [4.78, 5) is 11.9. The standard InChI is InChI=1S/C13H18BrNO/c1-8-7-11(9(2)6-10(8)14)15-12(16)13(3,4)5/h6-7H,1-5H3,(H,15,16). The lowest BCUT2D eigenvalue weighted by Crippen LogP contribution is -2.27. The molecule has 0 saturated heterocycles. The van der Waals surface area contributed by atoms with Crippen LogP contribution < -0.4 is 5.32 Å². The van der Waals surface area contributed by atoms with Crippen molar-refractivity contribution in [3.8, 4) is 0 Å². The number of carbonyl (C=O) groups excluding carboxylic acids is 1. The van der Waals surface area contributed by atoms with E-state index < -0.39 is 0 Å². The Morgan fingerprint density at radius 1 is 1.19 bits per heavy atom. The van der Waals surface area contributed by atoms with Crippen molar-refractivity contribution < 1.29 is 4.79 Å². The zero-order chi connectivity index (χ0) is 12.5. The van der Waals surface area contributed by atoms with Crippen LogP contribution in [0.15, 0.2) is 16.6 Å². The molecule has 0 aliphatic carbocycles. The van der Waals surface area contributed by atoms with Gasteiger partial charge in [-0.15, -0.1) is 0 Å². The maximum Gasteiger partial charge on any atom is 0.229 e. The van der Waals surface area contributed by atoms with E-state index in [1.54, 1.807) is 0 Å². The summed E-state index contributed by atoms with van der Waals surface area (Å²) in [6, 6.07) is 4.01. The van der Waals surface area contributed by atoms with Crippen molar-refractivity contribution in [3.63, 3.8) is 0 Å². The molecule has 1 aromatic carbocycles. The van der Waals surface area contributed by atoms with E-state index in [1.807, 2.05) is 46.8 Å². The van der Waals surface area contributed by atoms with Crippen LogP contribution in [-0.2, 0) is 4.79 Å². The van der Waals surface area contributed by atoms with E-state index in [2.05, 4.69) is 21.2 Å². The molecule has 0 aliphatic heterocycles. The lowest BCUT2D eigenvalue weighted by molar-refractivity contribution is -0.123. The molecule has 16 heavy (non-hydrogen) atoms. The number of hydrogen-bond donors (Lipinski definition) is 1. The average molecular weight is 284 g/mol. The van der Waals surface area contributed by atoms with Crippen LogP contribution in [0.2, 0.25) is 0 Å². The van der Waals surface area contributed by atoms with Crippen molar-refractivity contribution in [2.45, 2.75) is 34.6 Å². The fraction of sp³-hybridized carbons (Fsp3) is 0.462. The van der Waals surface area contributed by atoms with Crippen LogP contribution in [0, 0.1) is 19.3 Å². The van der Waals surface area contributed by atoms with Crippen LogP contribution in [0.3, 0.4) is 0 Å². The van der Waals surface area contributed by atoms with Gasteiger partial charge in [0.1, 0.15) is 0 Å². The van der Waals surface area contributed by atoms with Crippen LogP contribution in [0.5, 0.6) is 0 Å². The quantitative estimate of drug-likeness (QED) is 0.828. The van der Waals surface area contributed by atoms with Gasteiger partial charge in [-0.2, -0.15) is 0 Å². The molecule has 1 aromatic rings. The van der Waals surface area contributed by atoms with E-state index in [0.717, 1.165) is 21.3 Å². The van der Waals surface area contributed by atoms with Crippen LogP contribution in [0.1, 0.15) is 31.9 Å². The third kappa shape index (κ3) is 3.08. The molecule has 0 spiro atoms. The zero-order valence-electron chi connectivity index (χ0n) is 10.4. The number of benzene rings is 1. The summed E-state index contributed by atoms with van der Waals surface area (Å²) in [5, 5.41) is 2.96. The molecule has 0 radical (unpaired) electrons. The van der Waals surface area contributed by atoms with Gasteiger partial charge >= 0.3 is 0 Å². The first kappa shape index (κ1) is 13.2. The topological polar surface area (TPSA) is 29.1 Å². The highest BCUT2D eigenvalue weighted by Crippen LogP contribution is 2.26. The molecular weight excluding hydrogens is 266 g/mol. The monoisotopic (exact) mass is 283 g/mol. The Hall–Kier alpha value is -0.830. The fourth-order valence-corrected chi connectivity index (χ4v) is 1.68. The van der Waals surface area contributed by atoms with E-state index in [9.17, 15) is 4.79 Å². The average Bonchev–Trinajstić information content (AvgIpc) is 2.12. The van der Waals surface area contributed by atoms with Crippen molar-refractivity contribution in [2.24, 2.45) is 5.41 Å². The number of halogens is 1. The maximum absolute atomic E-state index is 11.9. The van der Waals surface area contributed by atoms with Gasteiger partial charge in [0.2, 0.25) is 5.91 Å². The smallest absolute Gasteiger partial charge is 0.229 e. The minimum Gasteiger partial charge on any atom is -0.325 e. The molecule has 2 nitrogen and oxygen atoms in total. The molecule has 88 valence electrons. The van der Waals surface area contributed by atoms with Crippen molar-refractivity contribution in [1.29, 1.82) is 0 Å². The first-order valence-electron chi connectivity index (χ1n) is 5.30. The van der Waals surface area contributed by atoms with Gasteiger partial charge < -0.3 is 5.32 Å². The third-order valence-electron chi connectivity index (χ3n) is 2.44. The lowest BCUT2D eigenvalue weighted by atomic mass is 9.95. The van der Waals surface area contributed by atoms with Crippen LogP contribution in [-0.4, -0.2) is 5.91 Å². The van der Waals surface area contributed by atoms with Crippen molar-refractivity contribution in [3.05, 3.63) is 27.7 Å². The first-order valence-corrected chi connectivity index (χ1v) is 6.09. The summed E-state index contributed by atoms with van der Waals surface area (Å²) < 4.78 is 1.07. The molecule has 0 heterocycles. The Morgan fingerprint density at radius 2 is 1.75 bits per heavy atom. The predicted molar refractivity (Wildman–Crippen MR) is 71.7 cm³/mol. The minimum absolute atomic E-state index is 0.0392. The maximum atomic E-state index is 11.9. The van der Waals surface area contributed by atoms with E-state index >= 15 is 0 Å². The Morgan fingerprint density at radius 3 is 2.25 bits per heavy atom. The van der Waals surface area contributed by atoms with E-state index in [-0.39, 0.29) is 11.3 Å². The highest BCUT2D eigenvalue weighted by molar-refractivity contribution is 9.10. The molecule has 0 aliphatic rings. The molecule has 0 atom stereocenters. The molecule has 0 bridgehead atoms. The molecule has 0 fully saturated rings. The van der Waals surface area contributed by atoms with Gasteiger partial charge in [-0.1, -0.05) is 36.7 Å². The van der Waals surface area contributed by atoms with Crippen LogP contribution in [0.4, 0.5) is 5.69 Å². The summed E-state index contributed by atoms with van der Waals surface area (Å²) in [7, 11) is 0. The van der Waals surface area contributed by atoms with Gasteiger partial charge in [-0.3, -0.25) is 4.79 Å². The molecule has 1 N–H and O–H groups in total. The van der Waals surface area contributed by atoms with E-state index in [1.165, 1.54) is 0 Å². The summed E-state index contributed by atoms with van der Waals surface area (Å²) >= 11 is 3.47. The third-order valence-corrected chi connectivity index (χ3v) is 3.29. The minimum atomic E-state index is -0.368. The molecule has 0 aromatic heterocycles. The number of amides is 1. The number of nitrogens with one attached hydrogen (secondary N) is 1. The van der Waals surface area contributed by atoms with E-state index in [4.69, 9.17) is 0 Å². The number of rotatable bonds is 1. The molecular formula is C13H18BrNO. The molecule has 1 amide bonds. The van der Waals surface area contributed by atoms with Gasteiger partial charge in [0.15, 0.2) is 0 Å². The Bertz CT molecular complexity index is 419. The summed E-state index contributed by atoms with van der Waals surface area (Å²) in [5.41, 5.74) is 2.71. The highest BCUT2D eigenvalue weighted by Gasteiger charge is 2.21. The summed E-state index contributed by atoms with van der Waals surface area (Å²) in [6.07, 6.45) is 0. The van der Waals surface area contributed by atoms with Gasteiger partial charge in [-0.05, 0) is 37.1 Å². The first-order chi connectivity index (χ1) is 7.21.